The van der Waals surface area contributed by atoms with Crippen LogP contribution in [-0.4, -0.2) is 29.6 Å². The van der Waals surface area contributed by atoms with Gasteiger partial charge in [0.15, 0.2) is 0 Å². The molecule has 0 N–H and O–H groups in total. The van der Waals surface area contributed by atoms with Gasteiger partial charge in [-0.05, 0) is 22.9 Å². The van der Waals surface area contributed by atoms with Crippen LogP contribution in [0.5, 0.6) is 0 Å². The van der Waals surface area contributed by atoms with Crippen LogP contribution in [0.2, 0.25) is 0 Å². The van der Waals surface area contributed by atoms with Gasteiger partial charge in [0.25, 0.3) is 0 Å². The minimum absolute atomic E-state index is 0.0336. The highest BCUT2D eigenvalue weighted by molar-refractivity contribution is 8.00. The molecule has 0 spiro atoms. The molecule has 4 nitrogen and oxygen atoms in total. The average molecular weight is 323 g/mol. The molecule has 0 heterocycles. The second kappa shape index (κ2) is 8.82. The van der Waals surface area contributed by atoms with Crippen LogP contribution < -0.4 is 0 Å². The van der Waals surface area contributed by atoms with E-state index in [0.717, 1.165) is 10.3 Å². The third-order valence-electron chi connectivity index (χ3n) is 3.42. The average Bonchev–Trinajstić information content (AvgIpc) is 2.59. The summed E-state index contributed by atoms with van der Waals surface area (Å²) in [4.78, 5) is 14.9. The maximum absolute atomic E-state index is 12.3. The van der Waals surface area contributed by atoms with Crippen molar-refractivity contribution in [1.29, 1.82) is 10.5 Å². The van der Waals surface area contributed by atoms with Crippen molar-refractivity contribution < 1.29 is 4.79 Å². The van der Waals surface area contributed by atoms with E-state index in [1.54, 1.807) is 4.90 Å². The number of benzene rings is 2. The predicted octanol–water partition coefficient (Wildman–Crippen LogP) is 3.59. The molecule has 0 bridgehead atoms. The monoisotopic (exact) mass is 323 g/mol. The molecule has 2 aromatic carbocycles. The summed E-state index contributed by atoms with van der Waals surface area (Å²) < 4.78 is 0. The van der Waals surface area contributed by atoms with Gasteiger partial charge in [-0.25, -0.2) is 0 Å². The molecule has 0 aromatic heterocycles. The van der Waals surface area contributed by atoms with E-state index in [9.17, 15) is 4.79 Å². The van der Waals surface area contributed by atoms with Gasteiger partial charge in [0.2, 0.25) is 5.91 Å². The number of hydrogen-bond acceptors (Lipinski definition) is 4. The van der Waals surface area contributed by atoms with E-state index in [4.69, 9.17) is 10.5 Å². The summed E-state index contributed by atoms with van der Waals surface area (Å²) in [6.07, 6.45) is 0.579. The van der Waals surface area contributed by atoms with Gasteiger partial charge in [0.1, 0.15) is 0 Å². The standard InChI is InChI=1S/C18H17N3OS/c19-9-3-11-21(12-4-10-20)18(22)14-23-17-8-7-15-5-1-2-6-16(15)13-17/h1-2,5-8,13H,3-4,11-12,14H2. The highest BCUT2D eigenvalue weighted by Gasteiger charge is 2.13. The molecule has 116 valence electrons. The Morgan fingerprint density at radius 3 is 2.30 bits per heavy atom. The Labute approximate surface area is 140 Å². The maximum Gasteiger partial charge on any atom is 0.232 e. The van der Waals surface area contributed by atoms with Gasteiger partial charge in [0, 0.05) is 18.0 Å². The molecule has 0 saturated heterocycles. The fraction of sp³-hybridized carbons (Fsp3) is 0.278. The Hall–Kier alpha value is -2.50. The fourth-order valence-corrected chi connectivity index (χ4v) is 3.07. The molecule has 0 radical (unpaired) electrons. The molecule has 0 unspecified atom stereocenters. The van der Waals surface area contributed by atoms with Crippen LogP contribution in [-0.2, 0) is 4.79 Å². The van der Waals surface area contributed by atoms with Crippen LogP contribution in [0.4, 0.5) is 0 Å². The zero-order valence-electron chi connectivity index (χ0n) is 12.7. The van der Waals surface area contributed by atoms with Gasteiger partial charge in [-0.1, -0.05) is 30.3 Å². The largest absolute Gasteiger partial charge is 0.340 e. The van der Waals surface area contributed by atoms with E-state index < -0.39 is 0 Å². The third kappa shape index (κ3) is 5.02. The van der Waals surface area contributed by atoms with Gasteiger partial charge in [-0.3, -0.25) is 4.79 Å². The molecule has 0 fully saturated rings. The molecular formula is C18H17N3OS. The summed E-state index contributed by atoms with van der Waals surface area (Å²) in [6, 6.07) is 18.3. The van der Waals surface area contributed by atoms with Crippen molar-refractivity contribution in [3.8, 4) is 12.1 Å². The minimum atomic E-state index is -0.0336. The van der Waals surface area contributed by atoms with E-state index >= 15 is 0 Å². The lowest BCUT2D eigenvalue weighted by Gasteiger charge is -2.20. The summed E-state index contributed by atoms with van der Waals surface area (Å²) in [5.74, 6) is 0.281. The molecule has 5 heteroatoms. The molecular weight excluding hydrogens is 306 g/mol. The smallest absolute Gasteiger partial charge is 0.232 e. The van der Waals surface area contributed by atoms with Gasteiger partial charge >= 0.3 is 0 Å². The lowest BCUT2D eigenvalue weighted by atomic mass is 10.1. The first kappa shape index (κ1) is 16.9. The number of nitrogens with zero attached hydrogens (tertiary/aromatic N) is 3. The van der Waals surface area contributed by atoms with Gasteiger partial charge in [-0.15, -0.1) is 11.8 Å². The zero-order chi connectivity index (χ0) is 16.5. The Morgan fingerprint density at radius 2 is 1.65 bits per heavy atom. The zero-order valence-corrected chi connectivity index (χ0v) is 13.6. The number of amides is 1. The van der Waals surface area contributed by atoms with Crippen LogP contribution in [0.1, 0.15) is 12.8 Å². The number of nitriles is 2. The lowest BCUT2D eigenvalue weighted by molar-refractivity contribution is -0.128. The number of carbonyl (C=O) groups excluding carboxylic acids is 1. The van der Waals surface area contributed by atoms with E-state index in [2.05, 4.69) is 12.1 Å². The topological polar surface area (TPSA) is 67.9 Å². The number of fused-ring (bicyclic) bond motifs is 1. The summed E-state index contributed by atoms with van der Waals surface area (Å²) in [7, 11) is 0. The summed E-state index contributed by atoms with van der Waals surface area (Å²) in [6.45, 7) is 0.768. The van der Waals surface area contributed by atoms with Crippen molar-refractivity contribution in [3.63, 3.8) is 0 Å². The SMILES string of the molecule is N#CCCN(CCC#N)C(=O)CSc1ccc2ccccc2c1. The van der Waals surface area contributed by atoms with Crippen LogP contribution >= 0.6 is 11.8 Å². The Morgan fingerprint density at radius 1 is 1.00 bits per heavy atom. The summed E-state index contributed by atoms with van der Waals surface area (Å²) >= 11 is 1.48. The number of hydrogen-bond donors (Lipinski definition) is 0. The number of thioether (sulfide) groups is 1. The molecule has 23 heavy (non-hydrogen) atoms. The first-order valence-corrected chi connectivity index (χ1v) is 8.36. The van der Waals surface area contributed by atoms with Crippen LogP contribution in [0.25, 0.3) is 10.8 Å². The molecule has 0 aliphatic carbocycles. The van der Waals surface area contributed by atoms with Crippen molar-refractivity contribution in [2.45, 2.75) is 17.7 Å². The second-order valence-corrected chi connectivity index (χ2v) is 6.04. The molecule has 0 aliphatic rings. The molecule has 2 rings (SSSR count). The van der Waals surface area contributed by atoms with Crippen molar-refractivity contribution >= 4 is 28.4 Å². The second-order valence-electron chi connectivity index (χ2n) is 4.99. The molecule has 2 aromatic rings. The number of rotatable bonds is 7. The minimum Gasteiger partial charge on any atom is -0.340 e. The third-order valence-corrected chi connectivity index (χ3v) is 4.40. The molecule has 0 aliphatic heterocycles. The highest BCUT2D eigenvalue weighted by atomic mass is 32.2. The Bertz CT molecular complexity index is 743. The van der Waals surface area contributed by atoms with Gasteiger partial charge in [0.05, 0.1) is 30.7 Å². The number of carbonyl (C=O) groups is 1. The molecule has 1 amide bonds. The van der Waals surface area contributed by atoms with Crippen LogP contribution in [0.15, 0.2) is 47.4 Å². The van der Waals surface area contributed by atoms with Gasteiger partial charge < -0.3 is 4.90 Å². The lowest BCUT2D eigenvalue weighted by Crippen LogP contribution is -2.34. The normalized spacial score (nSPS) is 10.0. The summed E-state index contributed by atoms with van der Waals surface area (Å²) in [5, 5.41) is 19.7. The first-order chi connectivity index (χ1) is 11.2. The van der Waals surface area contributed by atoms with Crippen molar-refractivity contribution in [2.24, 2.45) is 0 Å². The van der Waals surface area contributed by atoms with Crippen LogP contribution in [0, 0.1) is 22.7 Å². The first-order valence-electron chi connectivity index (χ1n) is 7.38. The fourth-order valence-electron chi connectivity index (χ4n) is 2.22. The Kier molecular flexibility index (Phi) is 6.47. The van der Waals surface area contributed by atoms with Crippen molar-refractivity contribution in [3.05, 3.63) is 42.5 Å². The van der Waals surface area contributed by atoms with E-state index in [1.807, 2.05) is 42.5 Å². The van der Waals surface area contributed by atoms with Crippen molar-refractivity contribution in [2.75, 3.05) is 18.8 Å². The van der Waals surface area contributed by atoms with E-state index in [-0.39, 0.29) is 18.7 Å². The quantitative estimate of drug-likeness (QED) is 0.730. The van der Waals surface area contributed by atoms with E-state index in [1.165, 1.54) is 17.1 Å². The van der Waals surface area contributed by atoms with Gasteiger partial charge in [-0.2, -0.15) is 10.5 Å². The maximum atomic E-state index is 12.3. The van der Waals surface area contributed by atoms with E-state index in [0.29, 0.717) is 18.8 Å². The Balaban J connectivity index is 1.97. The predicted molar refractivity (Wildman–Crippen MR) is 91.7 cm³/mol. The van der Waals surface area contributed by atoms with Crippen molar-refractivity contribution in [1.82, 2.24) is 4.90 Å². The summed E-state index contributed by atoms with van der Waals surface area (Å²) in [5.41, 5.74) is 0. The molecule has 0 saturated carbocycles. The van der Waals surface area contributed by atoms with Crippen LogP contribution in [0.3, 0.4) is 0 Å². The highest BCUT2D eigenvalue weighted by Crippen LogP contribution is 2.23. The molecule has 0 atom stereocenters.